The second-order valence-electron chi connectivity index (χ2n) is 5.20. The van der Waals surface area contributed by atoms with E-state index in [-0.39, 0.29) is 11.1 Å². The van der Waals surface area contributed by atoms with Crippen LogP contribution in [0.3, 0.4) is 0 Å². The molecule has 0 N–H and O–H groups in total. The molecule has 2 unspecified atom stereocenters. The molecule has 0 amide bonds. The Morgan fingerprint density at radius 2 is 2.15 bits per heavy atom. The number of nitrogens with zero attached hydrogens (tertiary/aromatic N) is 1. The first kappa shape index (κ1) is 14.3. The van der Waals surface area contributed by atoms with Gasteiger partial charge < -0.3 is 0 Å². The molecule has 2 heterocycles. The first-order valence-corrected chi connectivity index (χ1v) is 9.73. The van der Waals surface area contributed by atoms with Crippen molar-refractivity contribution in [3.05, 3.63) is 29.3 Å². The highest BCUT2D eigenvalue weighted by Gasteiger charge is 2.34. The van der Waals surface area contributed by atoms with E-state index in [1.165, 1.54) is 0 Å². The highest BCUT2D eigenvalue weighted by molar-refractivity contribution is 7.92. The van der Waals surface area contributed by atoms with Crippen molar-refractivity contribution >= 4 is 43.0 Å². The Balaban J connectivity index is 1.79. The minimum atomic E-state index is -3.03. The number of thiazole rings is 1. The third kappa shape index (κ3) is 2.85. The highest BCUT2D eigenvalue weighted by atomic mass is 35.5. The lowest BCUT2D eigenvalue weighted by molar-refractivity contribution is 0.529. The Kier molecular flexibility index (Phi) is 4.02. The maximum Gasteiger partial charge on any atom is 0.154 e. The molecule has 0 radical (unpaired) electrons. The zero-order chi connectivity index (χ0) is 14.2. The molecular formula is C14H16ClNO2S2. The zero-order valence-electron chi connectivity index (χ0n) is 11.0. The third-order valence-electron chi connectivity index (χ3n) is 3.74. The predicted molar refractivity (Wildman–Crippen MR) is 84.4 cm³/mol. The molecule has 6 heteroatoms. The summed E-state index contributed by atoms with van der Waals surface area (Å²) in [5, 5.41) is 0.137. The summed E-state index contributed by atoms with van der Waals surface area (Å²) in [7, 11) is -3.03. The molecule has 1 saturated heterocycles. The largest absolute Gasteiger partial charge is 0.241 e. The van der Waals surface area contributed by atoms with E-state index in [9.17, 15) is 8.42 Å². The number of para-hydroxylation sites is 1. The van der Waals surface area contributed by atoms with Gasteiger partial charge in [-0.25, -0.2) is 13.4 Å². The van der Waals surface area contributed by atoms with Crippen LogP contribution >= 0.6 is 22.9 Å². The Hall–Kier alpha value is -0.650. The van der Waals surface area contributed by atoms with E-state index in [1.807, 2.05) is 24.3 Å². The van der Waals surface area contributed by atoms with Gasteiger partial charge in [0.1, 0.15) is 0 Å². The number of rotatable bonds is 3. The monoisotopic (exact) mass is 329 g/mol. The normalized spacial score (nSPS) is 23.8. The molecule has 1 aliphatic rings. The standard InChI is InChI=1S/C14H16ClNO2S2/c15-10(13-7-3-4-8-20(13,17)18)9-14-16-11-5-1-2-6-12(11)19-14/h1-2,5-6,10,13H,3-4,7-9H2. The van der Waals surface area contributed by atoms with Crippen LogP contribution in [-0.4, -0.2) is 29.8 Å². The van der Waals surface area contributed by atoms with Gasteiger partial charge in [-0.3, -0.25) is 0 Å². The Morgan fingerprint density at radius 1 is 1.35 bits per heavy atom. The second kappa shape index (κ2) is 5.62. The first-order valence-electron chi connectivity index (χ1n) is 6.76. The van der Waals surface area contributed by atoms with Gasteiger partial charge in [0.2, 0.25) is 0 Å². The minimum absolute atomic E-state index is 0.279. The van der Waals surface area contributed by atoms with Gasteiger partial charge in [-0.05, 0) is 25.0 Å². The quantitative estimate of drug-likeness (QED) is 0.811. The van der Waals surface area contributed by atoms with Gasteiger partial charge in [-0.2, -0.15) is 0 Å². The summed E-state index contributed by atoms with van der Waals surface area (Å²) >= 11 is 7.99. The smallest absolute Gasteiger partial charge is 0.154 e. The van der Waals surface area contributed by atoms with E-state index in [4.69, 9.17) is 11.6 Å². The molecule has 2 aromatic rings. The molecule has 3 rings (SSSR count). The SMILES string of the molecule is O=S1(=O)CCCCC1C(Cl)Cc1nc2ccccc2s1. The first-order chi connectivity index (χ1) is 9.56. The van der Waals surface area contributed by atoms with Crippen LogP contribution in [0, 0.1) is 0 Å². The molecule has 0 bridgehead atoms. The van der Waals surface area contributed by atoms with Crippen molar-refractivity contribution in [1.82, 2.24) is 4.98 Å². The number of hydrogen-bond acceptors (Lipinski definition) is 4. The number of benzene rings is 1. The van der Waals surface area contributed by atoms with Gasteiger partial charge in [0, 0.05) is 6.42 Å². The third-order valence-corrected chi connectivity index (χ3v) is 7.75. The maximum absolute atomic E-state index is 12.1. The fraction of sp³-hybridized carbons (Fsp3) is 0.500. The van der Waals surface area contributed by atoms with Crippen LogP contribution in [0.5, 0.6) is 0 Å². The summed E-state index contributed by atoms with van der Waals surface area (Å²) in [5.74, 6) is 0.279. The zero-order valence-corrected chi connectivity index (χ0v) is 13.3. The van der Waals surface area contributed by atoms with Crippen molar-refractivity contribution in [2.45, 2.75) is 36.3 Å². The Bertz CT molecular complexity index is 678. The van der Waals surface area contributed by atoms with E-state index >= 15 is 0 Å². The molecular weight excluding hydrogens is 314 g/mol. The van der Waals surface area contributed by atoms with Crippen molar-refractivity contribution in [2.24, 2.45) is 0 Å². The molecule has 3 nitrogen and oxygen atoms in total. The molecule has 2 atom stereocenters. The lowest BCUT2D eigenvalue weighted by Crippen LogP contribution is -2.36. The number of aromatic nitrogens is 1. The van der Waals surface area contributed by atoms with Gasteiger partial charge >= 0.3 is 0 Å². The van der Waals surface area contributed by atoms with Crippen LogP contribution in [0.25, 0.3) is 10.2 Å². The van der Waals surface area contributed by atoms with Crippen LogP contribution in [0.4, 0.5) is 0 Å². The van der Waals surface area contributed by atoms with Crippen LogP contribution in [0.2, 0.25) is 0 Å². The van der Waals surface area contributed by atoms with Gasteiger partial charge in [0.15, 0.2) is 9.84 Å². The minimum Gasteiger partial charge on any atom is -0.241 e. The molecule has 1 aromatic carbocycles. The van der Waals surface area contributed by atoms with Crippen molar-refractivity contribution in [2.75, 3.05) is 5.75 Å². The average molecular weight is 330 g/mol. The molecule has 108 valence electrons. The summed E-state index contributed by atoms with van der Waals surface area (Å²) < 4.78 is 25.3. The van der Waals surface area contributed by atoms with Crippen molar-refractivity contribution in [3.8, 4) is 0 Å². The number of alkyl halides is 1. The number of hydrogen-bond donors (Lipinski definition) is 0. The fourth-order valence-corrected chi connectivity index (χ4v) is 6.53. The van der Waals surface area contributed by atoms with E-state index in [1.54, 1.807) is 11.3 Å². The summed E-state index contributed by atoms with van der Waals surface area (Å²) in [4.78, 5) is 4.53. The van der Waals surface area contributed by atoms with Crippen molar-refractivity contribution in [3.63, 3.8) is 0 Å². The molecule has 1 aromatic heterocycles. The van der Waals surface area contributed by atoms with Crippen LogP contribution in [-0.2, 0) is 16.3 Å². The lowest BCUT2D eigenvalue weighted by Gasteiger charge is -2.25. The summed E-state index contributed by atoms with van der Waals surface area (Å²) in [5.41, 5.74) is 0.961. The molecule has 1 aliphatic heterocycles. The second-order valence-corrected chi connectivity index (χ2v) is 9.21. The van der Waals surface area contributed by atoms with E-state index < -0.39 is 15.1 Å². The van der Waals surface area contributed by atoms with Crippen LogP contribution in [0.1, 0.15) is 24.3 Å². The average Bonchev–Trinajstić information content (AvgIpc) is 2.80. The van der Waals surface area contributed by atoms with Crippen molar-refractivity contribution in [1.29, 1.82) is 0 Å². The number of sulfone groups is 1. The summed E-state index contributed by atoms with van der Waals surface area (Å²) in [6, 6.07) is 7.93. The summed E-state index contributed by atoms with van der Waals surface area (Å²) in [6.07, 6.45) is 2.93. The van der Waals surface area contributed by atoms with Gasteiger partial charge in [-0.1, -0.05) is 18.6 Å². The number of halogens is 1. The van der Waals surface area contributed by atoms with Crippen molar-refractivity contribution < 1.29 is 8.42 Å². The van der Waals surface area contributed by atoms with Gasteiger partial charge in [0.25, 0.3) is 0 Å². The molecule has 0 aliphatic carbocycles. The van der Waals surface area contributed by atoms with Crippen LogP contribution in [0.15, 0.2) is 24.3 Å². The summed E-state index contributed by atoms with van der Waals surface area (Å²) in [6.45, 7) is 0. The topological polar surface area (TPSA) is 47.0 Å². The van der Waals surface area contributed by atoms with E-state index in [2.05, 4.69) is 4.98 Å². The lowest BCUT2D eigenvalue weighted by atomic mass is 10.1. The molecule has 0 spiro atoms. The molecule has 0 saturated carbocycles. The van der Waals surface area contributed by atoms with E-state index in [0.717, 1.165) is 28.1 Å². The molecule has 20 heavy (non-hydrogen) atoms. The van der Waals surface area contributed by atoms with Crippen LogP contribution < -0.4 is 0 Å². The fourth-order valence-electron chi connectivity index (χ4n) is 2.69. The number of fused-ring (bicyclic) bond motifs is 1. The molecule has 1 fully saturated rings. The predicted octanol–water partition coefficient (Wildman–Crippen LogP) is 3.41. The van der Waals surface area contributed by atoms with E-state index in [0.29, 0.717) is 12.8 Å². The Labute approximate surface area is 127 Å². The maximum atomic E-state index is 12.1. The highest BCUT2D eigenvalue weighted by Crippen LogP contribution is 2.29. The Morgan fingerprint density at radius 3 is 2.90 bits per heavy atom. The van der Waals surface area contributed by atoms with Gasteiger partial charge in [0.05, 0.1) is 31.6 Å². The van der Waals surface area contributed by atoms with Gasteiger partial charge in [-0.15, -0.1) is 22.9 Å².